The Morgan fingerprint density at radius 3 is 2.47 bits per heavy atom. The molecule has 0 aromatic heterocycles. The SMILES string of the molecule is COc1ccc(C(F)(F)F)cc1C(C)CC1OC1C. The first-order chi connectivity index (χ1) is 8.82. The molecule has 5 heteroatoms. The minimum absolute atomic E-state index is 0.0350. The zero-order valence-electron chi connectivity index (χ0n) is 11.1. The standard InChI is InChI=1S/C14H17F3O2/c1-8(6-13-9(2)19-13)11-7-10(14(15,16)17)4-5-12(11)18-3/h4-5,7-9,13H,6H2,1-3H3. The second kappa shape index (κ2) is 5.04. The maximum absolute atomic E-state index is 12.7. The molecular weight excluding hydrogens is 257 g/mol. The molecule has 1 aliphatic rings. The van der Waals surface area contributed by atoms with Crippen molar-refractivity contribution >= 4 is 0 Å². The Kier molecular flexibility index (Phi) is 3.76. The van der Waals surface area contributed by atoms with Crippen LogP contribution in [0.25, 0.3) is 0 Å². The van der Waals surface area contributed by atoms with Crippen LogP contribution >= 0.6 is 0 Å². The van der Waals surface area contributed by atoms with Crippen molar-refractivity contribution < 1.29 is 22.6 Å². The molecule has 0 bridgehead atoms. The lowest BCUT2D eigenvalue weighted by Crippen LogP contribution is -2.08. The molecule has 19 heavy (non-hydrogen) atoms. The summed E-state index contributed by atoms with van der Waals surface area (Å²) in [6.07, 6.45) is -3.27. The lowest BCUT2D eigenvalue weighted by Gasteiger charge is -2.17. The predicted octanol–water partition coefficient (Wildman–Crippen LogP) is 3.99. The van der Waals surface area contributed by atoms with Crippen LogP contribution in [0.5, 0.6) is 5.75 Å². The Balaban J connectivity index is 2.25. The monoisotopic (exact) mass is 274 g/mol. The number of methoxy groups -OCH3 is 1. The van der Waals surface area contributed by atoms with Crippen LogP contribution in [0.1, 0.15) is 37.3 Å². The summed E-state index contributed by atoms with van der Waals surface area (Å²) in [7, 11) is 1.47. The van der Waals surface area contributed by atoms with Gasteiger partial charge in [0.2, 0.25) is 0 Å². The van der Waals surface area contributed by atoms with Crippen molar-refractivity contribution in [2.75, 3.05) is 7.11 Å². The summed E-state index contributed by atoms with van der Waals surface area (Å²) in [6, 6.07) is 3.60. The molecule has 3 unspecified atom stereocenters. The van der Waals surface area contributed by atoms with Crippen LogP contribution in [-0.2, 0) is 10.9 Å². The van der Waals surface area contributed by atoms with Gasteiger partial charge in [0.1, 0.15) is 5.75 Å². The van der Waals surface area contributed by atoms with E-state index in [4.69, 9.17) is 9.47 Å². The molecule has 106 valence electrons. The molecule has 1 saturated heterocycles. The van der Waals surface area contributed by atoms with Crippen molar-refractivity contribution in [3.05, 3.63) is 29.3 Å². The molecule has 2 nitrogen and oxygen atoms in total. The third-order valence-corrected chi connectivity index (χ3v) is 3.51. The summed E-state index contributed by atoms with van der Waals surface area (Å²) in [5.41, 5.74) is -0.0556. The summed E-state index contributed by atoms with van der Waals surface area (Å²) in [4.78, 5) is 0. The third kappa shape index (κ3) is 3.21. The topological polar surface area (TPSA) is 21.8 Å². The summed E-state index contributed by atoms with van der Waals surface area (Å²) in [5.74, 6) is 0.459. The van der Waals surface area contributed by atoms with Gasteiger partial charge in [0.25, 0.3) is 0 Å². The Hall–Kier alpha value is -1.23. The van der Waals surface area contributed by atoms with Crippen LogP contribution in [0.3, 0.4) is 0 Å². The molecule has 1 aliphatic heterocycles. The van der Waals surface area contributed by atoms with Gasteiger partial charge in [-0.25, -0.2) is 0 Å². The zero-order valence-corrected chi connectivity index (χ0v) is 11.1. The van der Waals surface area contributed by atoms with Crippen molar-refractivity contribution in [1.82, 2.24) is 0 Å². The molecule has 2 rings (SSSR count). The first-order valence-electron chi connectivity index (χ1n) is 6.23. The van der Waals surface area contributed by atoms with Crippen LogP contribution in [-0.4, -0.2) is 19.3 Å². The van der Waals surface area contributed by atoms with E-state index in [1.807, 2.05) is 13.8 Å². The van der Waals surface area contributed by atoms with Gasteiger partial charge in [0, 0.05) is 0 Å². The lowest BCUT2D eigenvalue weighted by atomic mass is 9.93. The smallest absolute Gasteiger partial charge is 0.416 e. The van der Waals surface area contributed by atoms with Crippen molar-refractivity contribution in [3.8, 4) is 5.75 Å². The molecule has 0 N–H and O–H groups in total. The van der Waals surface area contributed by atoms with E-state index in [0.29, 0.717) is 17.7 Å². The predicted molar refractivity (Wildman–Crippen MR) is 65.4 cm³/mol. The van der Waals surface area contributed by atoms with Gasteiger partial charge in [0.05, 0.1) is 24.9 Å². The van der Waals surface area contributed by atoms with E-state index in [1.165, 1.54) is 19.2 Å². The van der Waals surface area contributed by atoms with Gasteiger partial charge >= 0.3 is 6.18 Å². The fourth-order valence-corrected chi connectivity index (χ4v) is 2.25. The fraction of sp³-hybridized carbons (Fsp3) is 0.571. The van der Waals surface area contributed by atoms with Gasteiger partial charge in [-0.2, -0.15) is 13.2 Å². The summed E-state index contributed by atoms with van der Waals surface area (Å²) in [6.45, 7) is 3.85. The van der Waals surface area contributed by atoms with Gasteiger partial charge in [-0.15, -0.1) is 0 Å². The number of benzene rings is 1. The van der Waals surface area contributed by atoms with Crippen LogP contribution < -0.4 is 4.74 Å². The normalized spacial score (nSPS) is 24.1. The summed E-state index contributed by atoms with van der Waals surface area (Å²) in [5, 5.41) is 0. The minimum atomic E-state index is -4.33. The molecule has 1 aromatic carbocycles. The Morgan fingerprint density at radius 2 is 2.00 bits per heavy atom. The number of halogens is 3. The number of ether oxygens (including phenoxy) is 2. The van der Waals surface area contributed by atoms with Gasteiger partial charge in [-0.05, 0) is 43.0 Å². The Labute approximate surface area is 110 Å². The molecular formula is C14H17F3O2. The van der Waals surface area contributed by atoms with Crippen molar-refractivity contribution in [2.24, 2.45) is 0 Å². The van der Waals surface area contributed by atoms with E-state index in [1.54, 1.807) is 0 Å². The number of hydrogen-bond donors (Lipinski definition) is 0. The largest absolute Gasteiger partial charge is 0.496 e. The first-order valence-corrected chi connectivity index (χ1v) is 6.23. The lowest BCUT2D eigenvalue weighted by molar-refractivity contribution is -0.137. The van der Waals surface area contributed by atoms with E-state index in [0.717, 1.165) is 6.07 Å². The number of rotatable bonds is 4. The van der Waals surface area contributed by atoms with Gasteiger partial charge in [-0.3, -0.25) is 0 Å². The molecule has 3 atom stereocenters. The van der Waals surface area contributed by atoms with Crippen LogP contribution in [0, 0.1) is 0 Å². The van der Waals surface area contributed by atoms with Crippen molar-refractivity contribution in [2.45, 2.75) is 44.6 Å². The number of hydrogen-bond acceptors (Lipinski definition) is 2. The molecule has 0 amide bonds. The van der Waals surface area contributed by atoms with E-state index in [-0.39, 0.29) is 18.1 Å². The van der Waals surface area contributed by atoms with Gasteiger partial charge in [0.15, 0.2) is 0 Å². The van der Waals surface area contributed by atoms with Gasteiger partial charge < -0.3 is 9.47 Å². The quantitative estimate of drug-likeness (QED) is 0.774. The van der Waals surface area contributed by atoms with Crippen LogP contribution in [0.4, 0.5) is 13.2 Å². The van der Waals surface area contributed by atoms with Crippen LogP contribution in [0.2, 0.25) is 0 Å². The van der Waals surface area contributed by atoms with E-state index >= 15 is 0 Å². The maximum Gasteiger partial charge on any atom is 0.416 e. The fourth-order valence-electron chi connectivity index (χ4n) is 2.25. The maximum atomic E-state index is 12.7. The summed E-state index contributed by atoms with van der Waals surface area (Å²) >= 11 is 0. The molecule has 0 spiro atoms. The van der Waals surface area contributed by atoms with Crippen LogP contribution in [0.15, 0.2) is 18.2 Å². The molecule has 0 saturated carbocycles. The van der Waals surface area contributed by atoms with Gasteiger partial charge in [-0.1, -0.05) is 6.92 Å². The first kappa shape index (κ1) is 14.2. The highest BCUT2D eigenvalue weighted by molar-refractivity contribution is 5.40. The highest BCUT2D eigenvalue weighted by atomic mass is 19.4. The molecule has 1 aromatic rings. The van der Waals surface area contributed by atoms with E-state index < -0.39 is 11.7 Å². The average Bonchev–Trinajstić information content (AvgIpc) is 3.02. The number of alkyl halides is 3. The second-order valence-corrected chi connectivity index (χ2v) is 4.97. The van der Waals surface area contributed by atoms with E-state index in [9.17, 15) is 13.2 Å². The summed E-state index contributed by atoms with van der Waals surface area (Å²) < 4.78 is 48.7. The zero-order chi connectivity index (χ0) is 14.2. The number of epoxide rings is 1. The Morgan fingerprint density at radius 1 is 1.37 bits per heavy atom. The molecule has 1 fully saturated rings. The van der Waals surface area contributed by atoms with Crippen molar-refractivity contribution in [3.63, 3.8) is 0 Å². The van der Waals surface area contributed by atoms with E-state index in [2.05, 4.69) is 0 Å². The molecule has 0 radical (unpaired) electrons. The third-order valence-electron chi connectivity index (χ3n) is 3.51. The van der Waals surface area contributed by atoms with Crippen molar-refractivity contribution in [1.29, 1.82) is 0 Å². The highest BCUT2D eigenvalue weighted by Crippen LogP contribution is 2.39. The molecule has 0 aliphatic carbocycles. The second-order valence-electron chi connectivity index (χ2n) is 4.97. The Bertz CT molecular complexity index is 456. The highest BCUT2D eigenvalue weighted by Gasteiger charge is 2.37. The average molecular weight is 274 g/mol. The minimum Gasteiger partial charge on any atom is -0.496 e. The molecule has 1 heterocycles.